The molecule has 0 spiro atoms. The normalized spacial score (nSPS) is 14.2. The number of hydrogen-bond acceptors (Lipinski definition) is 2. The maximum Gasteiger partial charge on any atom is 0.105 e. The van der Waals surface area contributed by atoms with E-state index in [-0.39, 0.29) is 5.41 Å². The van der Waals surface area contributed by atoms with Crippen molar-refractivity contribution in [1.29, 1.82) is 0 Å². The maximum atomic E-state index is 4.25. The van der Waals surface area contributed by atoms with E-state index in [1.165, 1.54) is 0 Å². The Morgan fingerprint density at radius 1 is 1.47 bits per heavy atom. The zero-order chi connectivity index (χ0) is 11.5. The lowest BCUT2D eigenvalue weighted by molar-refractivity contribution is 0.244. The molecule has 86 valence electrons. The fourth-order valence-corrected chi connectivity index (χ4v) is 1.68. The monoisotopic (exact) mass is 209 g/mol. The van der Waals surface area contributed by atoms with Gasteiger partial charge in [0.1, 0.15) is 5.82 Å². The average molecular weight is 209 g/mol. The van der Waals surface area contributed by atoms with Crippen LogP contribution in [0.5, 0.6) is 0 Å². The summed E-state index contributed by atoms with van der Waals surface area (Å²) in [5, 5.41) is 3.54. The number of aryl methyl sites for hydroxylation is 1. The van der Waals surface area contributed by atoms with Crippen LogP contribution in [0.3, 0.4) is 0 Å². The van der Waals surface area contributed by atoms with Gasteiger partial charge in [0.25, 0.3) is 0 Å². The topological polar surface area (TPSA) is 29.9 Å². The number of aromatic nitrogens is 2. The minimum Gasteiger partial charge on any atom is -0.334 e. The largest absolute Gasteiger partial charge is 0.334 e. The Balaban J connectivity index is 2.71. The lowest BCUT2D eigenvalue weighted by Crippen LogP contribution is -2.43. The first kappa shape index (κ1) is 12.2. The highest BCUT2D eigenvalue weighted by molar-refractivity contribution is 4.92. The van der Waals surface area contributed by atoms with Gasteiger partial charge >= 0.3 is 0 Å². The first-order chi connectivity index (χ1) is 6.95. The summed E-state index contributed by atoms with van der Waals surface area (Å²) in [5.74, 6) is 1.09. The zero-order valence-corrected chi connectivity index (χ0v) is 10.5. The summed E-state index contributed by atoms with van der Waals surface area (Å²) in [6.07, 6.45) is 3.91. The summed E-state index contributed by atoms with van der Waals surface area (Å²) in [7, 11) is 0. The van der Waals surface area contributed by atoms with Gasteiger partial charge in [0, 0.05) is 25.0 Å². The molecule has 15 heavy (non-hydrogen) atoms. The van der Waals surface area contributed by atoms with Crippen LogP contribution in [0, 0.1) is 12.3 Å². The molecule has 1 aromatic heterocycles. The second-order valence-corrected chi connectivity index (χ2v) is 5.10. The SMILES string of the molecule is CCNC(Cn1ccnc1C)C(C)(C)C. The molecule has 0 bridgehead atoms. The molecule has 0 aliphatic heterocycles. The number of nitrogens with zero attached hydrogens (tertiary/aromatic N) is 2. The van der Waals surface area contributed by atoms with Crippen molar-refractivity contribution in [2.75, 3.05) is 6.54 Å². The van der Waals surface area contributed by atoms with E-state index in [0.717, 1.165) is 18.9 Å². The fourth-order valence-electron chi connectivity index (χ4n) is 1.68. The second-order valence-electron chi connectivity index (χ2n) is 5.10. The minimum atomic E-state index is 0.271. The summed E-state index contributed by atoms with van der Waals surface area (Å²) in [6.45, 7) is 13.0. The smallest absolute Gasteiger partial charge is 0.105 e. The van der Waals surface area contributed by atoms with E-state index >= 15 is 0 Å². The molecule has 0 aliphatic rings. The Morgan fingerprint density at radius 3 is 2.53 bits per heavy atom. The Labute approximate surface area is 92.9 Å². The average Bonchev–Trinajstić information content (AvgIpc) is 2.49. The van der Waals surface area contributed by atoms with Gasteiger partial charge in [0.15, 0.2) is 0 Å². The Hall–Kier alpha value is -0.830. The Morgan fingerprint density at radius 2 is 2.13 bits per heavy atom. The van der Waals surface area contributed by atoms with Crippen LogP contribution in [0.15, 0.2) is 12.4 Å². The lowest BCUT2D eigenvalue weighted by atomic mass is 9.86. The van der Waals surface area contributed by atoms with Crippen LogP contribution in [0.1, 0.15) is 33.5 Å². The van der Waals surface area contributed by atoms with E-state index in [1.807, 2.05) is 19.3 Å². The van der Waals surface area contributed by atoms with Crippen molar-refractivity contribution >= 4 is 0 Å². The molecular weight excluding hydrogens is 186 g/mol. The Bertz CT molecular complexity index is 296. The number of hydrogen-bond donors (Lipinski definition) is 1. The summed E-state index contributed by atoms with van der Waals surface area (Å²) < 4.78 is 2.21. The van der Waals surface area contributed by atoms with Crippen LogP contribution in [-0.4, -0.2) is 22.1 Å². The van der Waals surface area contributed by atoms with Crippen molar-refractivity contribution in [1.82, 2.24) is 14.9 Å². The predicted molar refractivity (Wildman–Crippen MR) is 63.9 cm³/mol. The van der Waals surface area contributed by atoms with E-state index in [9.17, 15) is 0 Å². The number of likely N-dealkylation sites (N-methyl/N-ethyl adjacent to an activating group) is 1. The van der Waals surface area contributed by atoms with E-state index < -0.39 is 0 Å². The predicted octanol–water partition coefficient (Wildman–Crippen LogP) is 2.22. The summed E-state index contributed by atoms with van der Waals surface area (Å²) in [4.78, 5) is 4.25. The van der Waals surface area contributed by atoms with Crippen molar-refractivity contribution < 1.29 is 0 Å². The molecule has 1 heterocycles. The van der Waals surface area contributed by atoms with E-state index in [4.69, 9.17) is 0 Å². The first-order valence-electron chi connectivity index (χ1n) is 5.66. The zero-order valence-electron chi connectivity index (χ0n) is 10.5. The number of imidazole rings is 1. The molecule has 0 radical (unpaired) electrons. The van der Waals surface area contributed by atoms with Gasteiger partial charge in [-0.25, -0.2) is 4.98 Å². The number of rotatable bonds is 4. The highest BCUT2D eigenvalue weighted by Crippen LogP contribution is 2.20. The van der Waals surface area contributed by atoms with Crippen LogP contribution < -0.4 is 5.32 Å². The van der Waals surface area contributed by atoms with Crippen LogP contribution in [0.4, 0.5) is 0 Å². The third-order valence-electron chi connectivity index (χ3n) is 2.80. The summed E-state index contributed by atoms with van der Waals surface area (Å²) >= 11 is 0. The van der Waals surface area contributed by atoms with E-state index in [0.29, 0.717) is 6.04 Å². The first-order valence-corrected chi connectivity index (χ1v) is 5.66. The molecule has 1 rings (SSSR count). The second kappa shape index (κ2) is 4.79. The summed E-state index contributed by atoms with van der Waals surface area (Å²) in [5.41, 5.74) is 0.271. The highest BCUT2D eigenvalue weighted by atomic mass is 15.1. The van der Waals surface area contributed by atoms with E-state index in [1.54, 1.807) is 0 Å². The van der Waals surface area contributed by atoms with Crippen LogP contribution in [0.2, 0.25) is 0 Å². The molecule has 1 unspecified atom stereocenters. The lowest BCUT2D eigenvalue weighted by Gasteiger charge is -2.32. The minimum absolute atomic E-state index is 0.271. The van der Waals surface area contributed by atoms with E-state index in [2.05, 4.69) is 42.6 Å². The quantitative estimate of drug-likeness (QED) is 0.824. The summed E-state index contributed by atoms with van der Waals surface area (Å²) in [6, 6.07) is 0.482. The molecule has 3 nitrogen and oxygen atoms in total. The van der Waals surface area contributed by atoms with Crippen molar-refractivity contribution in [3.05, 3.63) is 18.2 Å². The molecular formula is C12H23N3. The molecule has 0 amide bonds. The van der Waals surface area contributed by atoms with Crippen LogP contribution in [0.25, 0.3) is 0 Å². The standard InChI is InChI=1S/C12H23N3/c1-6-13-11(12(3,4)5)9-15-8-7-14-10(15)2/h7-8,11,13H,6,9H2,1-5H3. The van der Waals surface area contributed by atoms with Crippen molar-refractivity contribution in [2.24, 2.45) is 5.41 Å². The van der Waals surface area contributed by atoms with Gasteiger partial charge in [-0.3, -0.25) is 0 Å². The van der Waals surface area contributed by atoms with Crippen molar-refractivity contribution in [3.63, 3.8) is 0 Å². The van der Waals surface area contributed by atoms with Gasteiger partial charge in [-0.1, -0.05) is 27.7 Å². The third kappa shape index (κ3) is 3.34. The highest BCUT2D eigenvalue weighted by Gasteiger charge is 2.24. The van der Waals surface area contributed by atoms with Crippen LogP contribution in [-0.2, 0) is 6.54 Å². The van der Waals surface area contributed by atoms with Gasteiger partial charge in [-0.2, -0.15) is 0 Å². The Kier molecular flexibility index (Phi) is 3.91. The van der Waals surface area contributed by atoms with Crippen molar-refractivity contribution in [3.8, 4) is 0 Å². The maximum absolute atomic E-state index is 4.25. The molecule has 1 aromatic rings. The molecule has 0 saturated heterocycles. The number of nitrogens with one attached hydrogen (secondary N) is 1. The van der Waals surface area contributed by atoms with Gasteiger partial charge in [0.05, 0.1) is 0 Å². The van der Waals surface area contributed by atoms with Gasteiger partial charge in [0.2, 0.25) is 0 Å². The molecule has 0 saturated carbocycles. The molecule has 0 fully saturated rings. The fraction of sp³-hybridized carbons (Fsp3) is 0.750. The van der Waals surface area contributed by atoms with Crippen LogP contribution >= 0.6 is 0 Å². The van der Waals surface area contributed by atoms with Crippen molar-refractivity contribution in [2.45, 2.75) is 47.2 Å². The molecule has 3 heteroatoms. The van der Waals surface area contributed by atoms with Gasteiger partial charge < -0.3 is 9.88 Å². The van der Waals surface area contributed by atoms with Gasteiger partial charge in [-0.05, 0) is 18.9 Å². The third-order valence-corrected chi connectivity index (χ3v) is 2.80. The molecule has 1 N–H and O–H groups in total. The molecule has 0 aromatic carbocycles. The van der Waals surface area contributed by atoms with Gasteiger partial charge in [-0.15, -0.1) is 0 Å². The molecule has 1 atom stereocenters. The molecule has 0 aliphatic carbocycles.